The van der Waals surface area contributed by atoms with Crippen molar-refractivity contribution in [2.45, 2.75) is 32.6 Å². The molecule has 0 amide bonds. The molecule has 1 aromatic carbocycles. The monoisotopic (exact) mass is 296 g/mol. The number of nitrogens with two attached hydrogens (primary N) is 1. The number of halogens is 1. The highest BCUT2D eigenvalue weighted by atomic mass is 35.5. The van der Waals surface area contributed by atoms with E-state index < -0.39 is 0 Å². The van der Waals surface area contributed by atoms with Gasteiger partial charge in [0.2, 0.25) is 0 Å². The predicted octanol–water partition coefficient (Wildman–Crippen LogP) is 3.99. The van der Waals surface area contributed by atoms with Crippen molar-refractivity contribution in [1.82, 2.24) is 0 Å². The van der Waals surface area contributed by atoms with Crippen LogP contribution in [0.5, 0.6) is 0 Å². The van der Waals surface area contributed by atoms with Gasteiger partial charge in [-0.1, -0.05) is 37.2 Å². The van der Waals surface area contributed by atoms with E-state index in [0.717, 1.165) is 35.3 Å². The van der Waals surface area contributed by atoms with Gasteiger partial charge in [0.25, 0.3) is 0 Å². The number of hydrogen-bond acceptors (Lipinski definition) is 2. The van der Waals surface area contributed by atoms with Gasteiger partial charge in [-0.2, -0.15) is 0 Å². The Bertz CT molecular complexity index is 461. The van der Waals surface area contributed by atoms with E-state index >= 15 is 0 Å². The van der Waals surface area contributed by atoms with Crippen molar-refractivity contribution < 1.29 is 0 Å². The minimum atomic E-state index is 0.398. The molecule has 1 saturated heterocycles. The third-order valence-corrected chi connectivity index (χ3v) is 4.54. The van der Waals surface area contributed by atoms with Gasteiger partial charge in [0.1, 0.15) is 4.99 Å². The largest absolute Gasteiger partial charge is 0.389 e. The van der Waals surface area contributed by atoms with E-state index in [-0.39, 0.29) is 0 Å². The molecule has 1 heterocycles. The van der Waals surface area contributed by atoms with Crippen LogP contribution in [-0.4, -0.2) is 18.1 Å². The van der Waals surface area contributed by atoms with Crippen LogP contribution in [0, 0.1) is 5.92 Å². The minimum Gasteiger partial charge on any atom is -0.389 e. The summed E-state index contributed by atoms with van der Waals surface area (Å²) in [5, 5.41) is 0.750. The number of benzene rings is 1. The van der Waals surface area contributed by atoms with Crippen molar-refractivity contribution in [2.24, 2.45) is 11.7 Å². The lowest BCUT2D eigenvalue weighted by molar-refractivity contribution is 0.459. The molecule has 0 aliphatic carbocycles. The molecule has 2 nitrogen and oxygen atoms in total. The summed E-state index contributed by atoms with van der Waals surface area (Å²) < 4.78 is 0. The van der Waals surface area contributed by atoms with Gasteiger partial charge >= 0.3 is 0 Å². The molecular weight excluding hydrogens is 276 g/mol. The van der Waals surface area contributed by atoms with Crippen LogP contribution in [0.3, 0.4) is 0 Å². The molecule has 1 atom stereocenters. The molecule has 0 aromatic heterocycles. The van der Waals surface area contributed by atoms with Crippen LogP contribution < -0.4 is 10.6 Å². The first-order valence-electron chi connectivity index (χ1n) is 6.96. The van der Waals surface area contributed by atoms with Gasteiger partial charge < -0.3 is 10.6 Å². The molecule has 4 heteroatoms. The topological polar surface area (TPSA) is 29.3 Å². The minimum absolute atomic E-state index is 0.398. The molecular formula is C15H21ClN2S. The smallest absolute Gasteiger partial charge is 0.104 e. The summed E-state index contributed by atoms with van der Waals surface area (Å²) in [6.07, 6.45) is 5.10. The first-order valence-corrected chi connectivity index (χ1v) is 7.74. The van der Waals surface area contributed by atoms with E-state index in [1.807, 2.05) is 18.2 Å². The van der Waals surface area contributed by atoms with Crippen LogP contribution >= 0.6 is 23.8 Å². The first kappa shape index (κ1) is 14.6. The normalized spacial score (nSPS) is 20.1. The molecule has 1 aromatic rings. The average Bonchev–Trinajstić information content (AvgIpc) is 2.63. The molecule has 1 fully saturated rings. The van der Waals surface area contributed by atoms with Crippen molar-refractivity contribution in [3.63, 3.8) is 0 Å². The number of rotatable bonds is 3. The maximum Gasteiger partial charge on any atom is 0.104 e. The SMILES string of the molecule is CCC1CCCN(c2ccc(C(N)=S)cc2Cl)CC1. The molecule has 19 heavy (non-hydrogen) atoms. The van der Waals surface area contributed by atoms with E-state index in [1.54, 1.807) is 0 Å². The second-order valence-corrected chi connectivity index (χ2v) is 6.07. The molecule has 1 aliphatic rings. The van der Waals surface area contributed by atoms with Gasteiger partial charge in [-0.15, -0.1) is 0 Å². The summed E-state index contributed by atoms with van der Waals surface area (Å²) in [6, 6.07) is 5.89. The van der Waals surface area contributed by atoms with Gasteiger partial charge in [0.15, 0.2) is 0 Å². The van der Waals surface area contributed by atoms with Gasteiger partial charge in [0, 0.05) is 18.7 Å². The highest BCUT2D eigenvalue weighted by molar-refractivity contribution is 7.80. The van der Waals surface area contributed by atoms with E-state index in [9.17, 15) is 0 Å². The average molecular weight is 297 g/mol. The van der Waals surface area contributed by atoms with E-state index in [4.69, 9.17) is 29.6 Å². The number of nitrogens with zero attached hydrogens (tertiary/aromatic N) is 1. The summed E-state index contributed by atoms with van der Waals surface area (Å²) in [7, 11) is 0. The van der Waals surface area contributed by atoms with Crippen LogP contribution in [0.25, 0.3) is 0 Å². The predicted molar refractivity (Wildman–Crippen MR) is 87.2 cm³/mol. The third-order valence-electron chi connectivity index (χ3n) is 4.00. The molecule has 0 radical (unpaired) electrons. The molecule has 0 bridgehead atoms. The molecule has 104 valence electrons. The van der Waals surface area contributed by atoms with Crippen molar-refractivity contribution in [3.8, 4) is 0 Å². The lowest BCUT2D eigenvalue weighted by Crippen LogP contribution is -2.24. The maximum atomic E-state index is 6.37. The number of anilines is 1. The maximum absolute atomic E-state index is 6.37. The van der Waals surface area contributed by atoms with Crippen LogP contribution in [0.2, 0.25) is 5.02 Å². The van der Waals surface area contributed by atoms with Crippen LogP contribution in [0.4, 0.5) is 5.69 Å². The molecule has 1 aliphatic heterocycles. The fraction of sp³-hybridized carbons (Fsp3) is 0.533. The van der Waals surface area contributed by atoms with E-state index in [1.165, 1.54) is 25.7 Å². The Morgan fingerprint density at radius 3 is 2.84 bits per heavy atom. The van der Waals surface area contributed by atoms with E-state index in [2.05, 4.69) is 11.8 Å². The zero-order valence-corrected chi connectivity index (χ0v) is 12.9. The Balaban J connectivity index is 2.15. The molecule has 2 N–H and O–H groups in total. The van der Waals surface area contributed by atoms with Crippen LogP contribution in [-0.2, 0) is 0 Å². The highest BCUT2D eigenvalue weighted by Gasteiger charge is 2.17. The first-order chi connectivity index (χ1) is 9.11. The molecule has 0 spiro atoms. The Morgan fingerprint density at radius 2 is 2.21 bits per heavy atom. The highest BCUT2D eigenvalue weighted by Crippen LogP contribution is 2.30. The Labute approximate surface area is 125 Å². The van der Waals surface area contributed by atoms with Gasteiger partial charge in [0.05, 0.1) is 10.7 Å². The van der Waals surface area contributed by atoms with Gasteiger partial charge in [-0.05, 0) is 43.4 Å². The molecule has 0 saturated carbocycles. The third kappa shape index (κ3) is 3.61. The fourth-order valence-corrected chi connectivity index (χ4v) is 3.16. The zero-order chi connectivity index (χ0) is 13.8. The Morgan fingerprint density at radius 1 is 1.42 bits per heavy atom. The lowest BCUT2D eigenvalue weighted by atomic mass is 9.98. The lowest BCUT2D eigenvalue weighted by Gasteiger charge is -2.24. The number of hydrogen-bond donors (Lipinski definition) is 1. The van der Waals surface area contributed by atoms with E-state index in [0.29, 0.717) is 4.99 Å². The van der Waals surface area contributed by atoms with Crippen LogP contribution in [0.15, 0.2) is 18.2 Å². The summed E-state index contributed by atoms with van der Waals surface area (Å²) in [6.45, 7) is 4.46. The zero-order valence-electron chi connectivity index (χ0n) is 11.4. The fourth-order valence-electron chi connectivity index (χ4n) is 2.73. The van der Waals surface area contributed by atoms with Crippen molar-refractivity contribution in [3.05, 3.63) is 28.8 Å². The second kappa shape index (κ2) is 6.58. The van der Waals surface area contributed by atoms with Crippen molar-refractivity contribution >= 4 is 34.5 Å². The molecule has 2 rings (SSSR count). The second-order valence-electron chi connectivity index (χ2n) is 5.22. The van der Waals surface area contributed by atoms with Crippen molar-refractivity contribution in [2.75, 3.05) is 18.0 Å². The standard InChI is InChI=1S/C15H21ClN2S/c1-2-11-4-3-8-18(9-7-11)14-6-5-12(15(17)19)10-13(14)16/h5-6,10-11H,2-4,7-9H2,1H3,(H2,17,19). The summed E-state index contributed by atoms with van der Waals surface area (Å²) >= 11 is 11.4. The quantitative estimate of drug-likeness (QED) is 0.855. The molecule has 1 unspecified atom stereocenters. The number of thiocarbonyl (C=S) groups is 1. The summed E-state index contributed by atoms with van der Waals surface area (Å²) in [5.41, 5.74) is 7.58. The van der Waals surface area contributed by atoms with Gasteiger partial charge in [-0.3, -0.25) is 0 Å². The summed E-state index contributed by atoms with van der Waals surface area (Å²) in [4.78, 5) is 2.79. The van der Waals surface area contributed by atoms with Gasteiger partial charge in [-0.25, -0.2) is 0 Å². The Hall–Kier alpha value is -0.800. The van der Waals surface area contributed by atoms with Crippen LogP contribution in [0.1, 0.15) is 38.2 Å². The summed E-state index contributed by atoms with van der Waals surface area (Å²) in [5.74, 6) is 0.861. The van der Waals surface area contributed by atoms with Crippen molar-refractivity contribution in [1.29, 1.82) is 0 Å². The Kier molecular flexibility index (Phi) is 5.06.